The summed E-state index contributed by atoms with van der Waals surface area (Å²) >= 11 is 0. The lowest BCUT2D eigenvalue weighted by molar-refractivity contribution is -0.384. The lowest BCUT2D eigenvalue weighted by Gasteiger charge is -2.29. The molecule has 0 aromatic heterocycles. The molecular weight excluding hydrogens is 230 g/mol. The average Bonchev–Trinajstić information content (AvgIpc) is 2.40. The van der Waals surface area contributed by atoms with Crippen LogP contribution in [0.4, 0.5) is 11.4 Å². The van der Waals surface area contributed by atoms with Crippen LogP contribution in [0.15, 0.2) is 24.3 Å². The van der Waals surface area contributed by atoms with Crippen LogP contribution in [-0.2, 0) is 0 Å². The normalized spacial score (nSPS) is 21.3. The standard InChI is InChI=1S/C13H19N3O2/c1-10(11-5-4-8-14-9-11)15-12-6-2-3-7-13(12)16(17)18/h2-3,6-7,10-11,14-15H,4-5,8-9H2,1H3. The van der Waals surface area contributed by atoms with Gasteiger partial charge in [0.1, 0.15) is 5.69 Å². The molecule has 0 bridgehead atoms. The Morgan fingerprint density at radius 1 is 1.50 bits per heavy atom. The Balaban J connectivity index is 2.06. The molecule has 1 aliphatic heterocycles. The van der Waals surface area contributed by atoms with Gasteiger partial charge >= 0.3 is 0 Å². The van der Waals surface area contributed by atoms with Crippen LogP contribution in [0.25, 0.3) is 0 Å². The van der Waals surface area contributed by atoms with Crippen molar-refractivity contribution >= 4 is 11.4 Å². The monoisotopic (exact) mass is 249 g/mol. The zero-order valence-electron chi connectivity index (χ0n) is 10.6. The third-order valence-electron chi connectivity index (χ3n) is 3.53. The molecule has 5 nitrogen and oxygen atoms in total. The summed E-state index contributed by atoms with van der Waals surface area (Å²) in [6.07, 6.45) is 2.34. The Morgan fingerprint density at radius 3 is 2.94 bits per heavy atom. The summed E-state index contributed by atoms with van der Waals surface area (Å²) in [4.78, 5) is 10.6. The van der Waals surface area contributed by atoms with Crippen LogP contribution in [0.5, 0.6) is 0 Å². The highest BCUT2D eigenvalue weighted by Gasteiger charge is 2.22. The van der Waals surface area contributed by atoms with E-state index < -0.39 is 0 Å². The zero-order chi connectivity index (χ0) is 13.0. The predicted octanol–water partition coefficient (Wildman–Crippen LogP) is 2.39. The lowest BCUT2D eigenvalue weighted by atomic mass is 9.92. The number of para-hydroxylation sites is 2. The average molecular weight is 249 g/mol. The molecule has 0 amide bonds. The molecule has 2 unspecified atom stereocenters. The van der Waals surface area contributed by atoms with Gasteiger partial charge in [0.15, 0.2) is 0 Å². The van der Waals surface area contributed by atoms with Crippen LogP contribution in [0.2, 0.25) is 0 Å². The van der Waals surface area contributed by atoms with Gasteiger partial charge in [-0.25, -0.2) is 0 Å². The summed E-state index contributed by atoms with van der Waals surface area (Å²) in [6, 6.07) is 7.05. The molecule has 0 saturated carbocycles. The summed E-state index contributed by atoms with van der Waals surface area (Å²) in [6.45, 7) is 4.15. The molecule has 5 heteroatoms. The molecule has 18 heavy (non-hydrogen) atoms. The number of nitrogens with one attached hydrogen (secondary N) is 2. The molecule has 1 aliphatic rings. The molecule has 1 saturated heterocycles. The van der Waals surface area contributed by atoms with Crippen LogP contribution >= 0.6 is 0 Å². The minimum atomic E-state index is -0.339. The van der Waals surface area contributed by atoms with Crippen LogP contribution in [0.1, 0.15) is 19.8 Å². The predicted molar refractivity (Wildman–Crippen MR) is 71.8 cm³/mol. The van der Waals surface area contributed by atoms with Crippen molar-refractivity contribution in [2.75, 3.05) is 18.4 Å². The molecule has 2 atom stereocenters. The minimum absolute atomic E-state index is 0.146. The first-order valence-electron chi connectivity index (χ1n) is 6.39. The second-order valence-electron chi connectivity index (χ2n) is 4.81. The molecule has 0 spiro atoms. The number of hydrogen-bond donors (Lipinski definition) is 2. The number of hydrogen-bond acceptors (Lipinski definition) is 4. The van der Waals surface area contributed by atoms with E-state index in [-0.39, 0.29) is 16.7 Å². The van der Waals surface area contributed by atoms with E-state index in [4.69, 9.17) is 0 Å². The molecule has 1 aromatic rings. The van der Waals surface area contributed by atoms with Crippen LogP contribution in [-0.4, -0.2) is 24.1 Å². The van der Waals surface area contributed by atoms with Crippen molar-refractivity contribution in [3.8, 4) is 0 Å². The van der Waals surface area contributed by atoms with Gasteiger partial charge in [-0.1, -0.05) is 12.1 Å². The van der Waals surface area contributed by atoms with Gasteiger partial charge < -0.3 is 10.6 Å². The third-order valence-corrected chi connectivity index (χ3v) is 3.53. The van der Waals surface area contributed by atoms with Gasteiger partial charge in [0.25, 0.3) is 5.69 Å². The molecule has 2 rings (SSSR count). The molecule has 0 aliphatic carbocycles. The largest absolute Gasteiger partial charge is 0.377 e. The summed E-state index contributed by atoms with van der Waals surface area (Å²) in [7, 11) is 0. The number of nitrogens with zero attached hydrogens (tertiary/aromatic N) is 1. The molecule has 1 heterocycles. The number of benzene rings is 1. The quantitative estimate of drug-likeness (QED) is 0.635. The Kier molecular flexibility index (Phi) is 4.15. The minimum Gasteiger partial charge on any atom is -0.377 e. The number of piperidine rings is 1. The Labute approximate surface area is 107 Å². The smallest absolute Gasteiger partial charge is 0.292 e. The van der Waals surface area contributed by atoms with E-state index in [2.05, 4.69) is 17.6 Å². The number of nitro groups is 1. The van der Waals surface area contributed by atoms with E-state index in [1.165, 1.54) is 18.9 Å². The van der Waals surface area contributed by atoms with Crippen molar-refractivity contribution in [1.82, 2.24) is 5.32 Å². The van der Waals surface area contributed by atoms with E-state index in [1.807, 2.05) is 6.07 Å². The number of rotatable bonds is 4. The summed E-state index contributed by atoms with van der Waals surface area (Å²) in [5, 5.41) is 17.6. The van der Waals surface area contributed by atoms with Gasteiger partial charge in [0.2, 0.25) is 0 Å². The first-order valence-corrected chi connectivity index (χ1v) is 6.39. The number of nitro benzene ring substituents is 1. The molecule has 1 aromatic carbocycles. The Hall–Kier alpha value is -1.62. The highest BCUT2D eigenvalue weighted by Crippen LogP contribution is 2.26. The van der Waals surface area contributed by atoms with Gasteiger partial charge in [0.05, 0.1) is 4.92 Å². The van der Waals surface area contributed by atoms with Gasteiger partial charge in [0, 0.05) is 12.1 Å². The fourth-order valence-electron chi connectivity index (χ4n) is 2.42. The third kappa shape index (κ3) is 2.98. The fourth-order valence-corrected chi connectivity index (χ4v) is 2.42. The van der Waals surface area contributed by atoms with Crippen molar-refractivity contribution in [3.05, 3.63) is 34.4 Å². The Bertz CT molecular complexity index is 416. The van der Waals surface area contributed by atoms with Crippen molar-refractivity contribution < 1.29 is 4.92 Å². The van der Waals surface area contributed by atoms with Crippen molar-refractivity contribution in [2.24, 2.45) is 5.92 Å². The topological polar surface area (TPSA) is 67.2 Å². The maximum atomic E-state index is 10.9. The summed E-state index contributed by atoms with van der Waals surface area (Å²) < 4.78 is 0. The second-order valence-corrected chi connectivity index (χ2v) is 4.81. The van der Waals surface area contributed by atoms with Crippen LogP contribution in [0.3, 0.4) is 0 Å². The molecule has 0 radical (unpaired) electrons. The highest BCUT2D eigenvalue weighted by atomic mass is 16.6. The molecule has 1 fully saturated rings. The van der Waals surface area contributed by atoms with Crippen LogP contribution in [0, 0.1) is 16.0 Å². The SMILES string of the molecule is CC(Nc1ccccc1[N+](=O)[O-])C1CCCNC1. The van der Waals surface area contributed by atoms with Crippen LogP contribution < -0.4 is 10.6 Å². The van der Waals surface area contributed by atoms with E-state index in [0.29, 0.717) is 11.6 Å². The zero-order valence-corrected chi connectivity index (χ0v) is 10.6. The molecule has 2 N–H and O–H groups in total. The van der Waals surface area contributed by atoms with E-state index >= 15 is 0 Å². The first kappa shape index (κ1) is 12.8. The summed E-state index contributed by atoms with van der Waals surface area (Å²) in [5.41, 5.74) is 0.758. The van der Waals surface area contributed by atoms with Crippen molar-refractivity contribution in [1.29, 1.82) is 0 Å². The van der Waals surface area contributed by atoms with Gasteiger partial charge in [-0.05, 0) is 44.8 Å². The van der Waals surface area contributed by atoms with E-state index in [9.17, 15) is 10.1 Å². The second kappa shape index (κ2) is 5.82. The number of anilines is 1. The fraction of sp³-hybridized carbons (Fsp3) is 0.538. The van der Waals surface area contributed by atoms with E-state index in [0.717, 1.165) is 13.1 Å². The lowest BCUT2D eigenvalue weighted by Crippen LogP contribution is -2.38. The first-order chi connectivity index (χ1) is 8.68. The maximum Gasteiger partial charge on any atom is 0.292 e. The van der Waals surface area contributed by atoms with Gasteiger partial charge in [-0.3, -0.25) is 10.1 Å². The molecular formula is C13H19N3O2. The van der Waals surface area contributed by atoms with Crippen molar-refractivity contribution in [2.45, 2.75) is 25.8 Å². The van der Waals surface area contributed by atoms with E-state index in [1.54, 1.807) is 12.1 Å². The summed E-state index contributed by atoms with van der Waals surface area (Å²) in [5.74, 6) is 0.526. The highest BCUT2D eigenvalue weighted by molar-refractivity contribution is 5.61. The van der Waals surface area contributed by atoms with Gasteiger partial charge in [-0.2, -0.15) is 0 Å². The van der Waals surface area contributed by atoms with Crippen molar-refractivity contribution in [3.63, 3.8) is 0 Å². The molecule has 98 valence electrons. The van der Waals surface area contributed by atoms with Gasteiger partial charge in [-0.15, -0.1) is 0 Å². The Morgan fingerprint density at radius 2 is 2.28 bits per heavy atom. The maximum absolute atomic E-state index is 10.9.